The molecule has 3 atom stereocenters. The number of hydrogen-bond donors (Lipinski definition) is 2. The number of carbonyl (C=O) groups is 1. The second kappa shape index (κ2) is 5.93. The summed E-state index contributed by atoms with van der Waals surface area (Å²) in [4.78, 5) is 19.5. The molecule has 1 aliphatic carbocycles. The van der Waals surface area contributed by atoms with Crippen molar-refractivity contribution in [1.82, 2.24) is 9.88 Å². The van der Waals surface area contributed by atoms with Gasteiger partial charge in [0, 0.05) is 23.5 Å². The molecule has 3 rings (SSSR count). The van der Waals surface area contributed by atoms with E-state index in [0.29, 0.717) is 12.1 Å². The third-order valence-electron chi connectivity index (χ3n) is 4.79. The zero-order valence-electron chi connectivity index (χ0n) is 12.6. The van der Waals surface area contributed by atoms with Gasteiger partial charge in [0.2, 0.25) is 0 Å². The molecule has 1 fully saturated rings. The summed E-state index contributed by atoms with van der Waals surface area (Å²) in [5.41, 5.74) is 0.808. The van der Waals surface area contributed by atoms with Gasteiger partial charge in [-0.05, 0) is 46.1 Å². The number of likely N-dealkylation sites (tertiary alicyclic amines) is 1. The number of hydrogen-bond acceptors (Lipinski definition) is 5. The Morgan fingerprint density at radius 1 is 1.48 bits per heavy atom. The van der Waals surface area contributed by atoms with E-state index in [1.165, 1.54) is 0 Å². The number of nitrogens with zero attached hydrogens (tertiary/aromatic N) is 2. The van der Waals surface area contributed by atoms with Crippen LogP contribution in [-0.2, 0) is 11.2 Å². The number of piperidine rings is 1. The minimum atomic E-state index is -0.735. The highest BCUT2D eigenvalue weighted by atomic mass is 32.1. The van der Waals surface area contributed by atoms with Gasteiger partial charge in [-0.2, -0.15) is 0 Å². The minimum Gasteiger partial charge on any atom is -0.481 e. The summed E-state index contributed by atoms with van der Waals surface area (Å²) in [6.07, 6.45) is 4.88. The number of carboxylic acids is 1. The van der Waals surface area contributed by atoms with Crippen molar-refractivity contribution in [2.75, 3.05) is 18.9 Å². The molecule has 2 N–H and O–H groups in total. The summed E-state index contributed by atoms with van der Waals surface area (Å²) in [6, 6.07) is 1.03. The van der Waals surface area contributed by atoms with E-state index in [2.05, 4.69) is 29.2 Å². The monoisotopic (exact) mass is 309 g/mol. The van der Waals surface area contributed by atoms with E-state index in [4.69, 9.17) is 0 Å². The Kier molecular flexibility index (Phi) is 4.17. The summed E-state index contributed by atoms with van der Waals surface area (Å²) in [6.45, 7) is 3.35. The summed E-state index contributed by atoms with van der Waals surface area (Å²) in [5, 5.41) is 13.8. The Morgan fingerprint density at radius 2 is 2.29 bits per heavy atom. The SMILES string of the molecule is CC1CC(Nc2nc3c(s2)CCCC3C(=O)O)CCN1C. The van der Waals surface area contributed by atoms with E-state index in [-0.39, 0.29) is 0 Å². The lowest BCUT2D eigenvalue weighted by Gasteiger charge is -2.35. The highest BCUT2D eigenvalue weighted by molar-refractivity contribution is 7.15. The van der Waals surface area contributed by atoms with Crippen LogP contribution in [0.15, 0.2) is 0 Å². The Balaban J connectivity index is 1.71. The number of nitrogens with one attached hydrogen (secondary N) is 1. The van der Waals surface area contributed by atoms with Crippen molar-refractivity contribution in [3.8, 4) is 0 Å². The number of aliphatic carboxylic acids is 1. The van der Waals surface area contributed by atoms with Crippen molar-refractivity contribution < 1.29 is 9.90 Å². The average Bonchev–Trinajstić information content (AvgIpc) is 2.84. The molecule has 1 saturated heterocycles. The third-order valence-corrected chi connectivity index (χ3v) is 5.85. The van der Waals surface area contributed by atoms with Crippen molar-refractivity contribution in [3.63, 3.8) is 0 Å². The van der Waals surface area contributed by atoms with Crippen molar-refractivity contribution in [3.05, 3.63) is 10.6 Å². The lowest BCUT2D eigenvalue weighted by atomic mass is 9.91. The molecule has 21 heavy (non-hydrogen) atoms. The maximum absolute atomic E-state index is 11.3. The predicted octanol–water partition coefficient (Wildman–Crippen LogP) is 2.54. The minimum absolute atomic E-state index is 0.406. The second-order valence-corrected chi connectivity index (χ2v) is 7.39. The molecule has 2 aliphatic rings. The van der Waals surface area contributed by atoms with Crippen LogP contribution < -0.4 is 5.32 Å². The molecule has 6 heteroatoms. The fourth-order valence-electron chi connectivity index (χ4n) is 3.32. The van der Waals surface area contributed by atoms with Crippen LogP contribution in [0.5, 0.6) is 0 Å². The first-order valence-electron chi connectivity index (χ1n) is 7.73. The van der Waals surface area contributed by atoms with Gasteiger partial charge in [-0.15, -0.1) is 11.3 Å². The van der Waals surface area contributed by atoms with Crippen molar-refractivity contribution >= 4 is 22.4 Å². The molecule has 2 heterocycles. The molecule has 3 unspecified atom stereocenters. The molecule has 1 aromatic heterocycles. The van der Waals surface area contributed by atoms with Gasteiger partial charge in [-0.3, -0.25) is 4.79 Å². The van der Waals surface area contributed by atoms with Crippen molar-refractivity contribution in [2.24, 2.45) is 0 Å². The fourth-order valence-corrected chi connectivity index (χ4v) is 4.46. The average molecular weight is 309 g/mol. The van der Waals surface area contributed by atoms with Crippen LogP contribution in [-0.4, -0.2) is 46.6 Å². The lowest BCUT2D eigenvalue weighted by Crippen LogP contribution is -2.42. The quantitative estimate of drug-likeness (QED) is 0.898. The molecular formula is C15H23N3O2S. The Hall–Kier alpha value is -1.14. The maximum Gasteiger partial charge on any atom is 0.312 e. The number of anilines is 1. The first-order valence-corrected chi connectivity index (χ1v) is 8.55. The smallest absolute Gasteiger partial charge is 0.312 e. The number of aryl methyl sites for hydroxylation is 1. The second-order valence-electron chi connectivity index (χ2n) is 6.31. The van der Waals surface area contributed by atoms with Gasteiger partial charge in [0.25, 0.3) is 0 Å². The summed E-state index contributed by atoms with van der Waals surface area (Å²) < 4.78 is 0. The van der Waals surface area contributed by atoms with Gasteiger partial charge in [-0.25, -0.2) is 4.98 Å². The van der Waals surface area contributed by atoms with E-state index in [0.717, 1.165) is 54.4 Å². The summed E-state index contributed by atoms with van der Waals surface area (Å²) >= 11 is 1.65. The van der Waals surface area contributed by atoms with Crippen LogP contribution in [0, 0.1) is 0 Å². The lowest BCUT2D eigenvalue weighted by molar-refractivity contribution is -0.139. The maximum atomic E-state index is 11.3. The molecule has 5 nitrogen and oxygen atoms in total. The molecule has 0 aromatic carbocycles. The van der Waals surface area contributed by atoms with Crippen molar-refractivity contribution in [2.45, 2.75) is 57.0 Å². The normalized spacial score (nSPS) is 29.9. The standard InChI is InChI=1S/C15H23N3O2S/c1-9-8-10(6-7-18(9)2)16-15-17-13-11(14(19)20)4-3-5-12(13)21-15/h9-11H,3-8H2,1-2H3,(H,16,17)(H,19,20). The van der Waals surface area contributed by atoms with Crippen LogP contribution in [0.2, 0.25) is 0 Å². The van der Waals surface area contributed by atoms with Crippen LogP contribution >= 0.6 is 11.3 Å². The van der Waals surface area contributed by atoms with E-state index in [1.54, 1.807) is 11.3 Å². The van der Waals surface area contributed by atoms with Crippen molar-refractivity contribution in [1.29, 1.82) is 0 Å². The Morgan fingerprint density at radius 3 is 3.00 bits per heavy atom. The van der Waals surface area contributed by atoms with Gasteiger partial charge in [0.1, 0.15) is 5.92 Å². The van der Waals surface area contributed by atoms with Crippen LogP contribution in [0.1, 0.15) is 49.1 Å². The van der Waals surface area contributed by atoms with Gasteiger partial charge in [0.05, 0.1) is 5.69 Å². The van der Waals surface area contributed by atoms with Crippen LogP contribution in [0.3, 0.4) is 0 Å². The molecule has 116 valence electrons. The molecule has 0 bridgehead atoms. The molecule has 1 aromatic rings. The molecule has 1 aliphatic heterocycles. The van der Waals surface area contributed by atoms with E-state index in [9.17, 15) is 9.90 Å². The first-order chi connectivity index (χ1) is 10.0. The molecule has 0 saturated carbocycles. The number of aromatic nitrogens is 1. The fraction of sp³-hybridized carbons (Fsp3) is 0.733. The summed E-state index contributed by atoms with van der Waals surface area (Å²) in [7, 11) is 2.17. The van der Waals surface area contributed by atoms with E-state index >= 15 is 0 Å². The first kappa shape index (κ1) is 14.8. The number of rotatable bonds is 3. The van der Waals surface area contributed by atoms with Gasteiger partial charge in [-0.1, -0.05) is 0 Å². The predicted molar refractivity (Wildman–Crippen MR) is 84.2 cm³/mol. The molecular weight excluding hydrogens is 286 g/mol. The molecule has 0 spiro atoms. The van der Waals surface area contributed by atoms with E-state index in [1.807, 2.05) is 0 Å². The van der Waals surface area contributed by atoms with Crippen LogP contribution in [0.4, 0.5) is 5.13 Å². The Bertz CT molecular complexity index is 531. The zero-order valence-corrected chi connectivity index (χ0v) is 13.4. The van der Waals surface area contributed by atoms with Gasteiger partial charge >= 0.3 is 5.97 Å². The number of fused-ring (bicyclic) bond motifs is 1. The largest absolute Gasteiger partial charge is 0.481 e. The molecule has 0 radical (unpaired) electrons. The highest BCUT2D eigenvalue weighted by Crippen LogP contribution is 2.37. The number of thiazole rings is 1. The third kappa shape index (κ3) is 3.06. The van der Waals surface area contributed by atoms with Gasteiger partial charge < -0.3 is 15.3 Å². The zero-order chi connectivity index (χ0) is 15.0. The molecule has 0 amide bonds. The van der Waals surface area contributed by atoms with E-state index < -0.39 is 11.9 Å². The van der Waals surface area contributed by atoms with Crippen LogP contribution in [0.25, 0.3) is 0 Å². The number of carboxylic acid groups (broad SMARTS) is 1. The Labute approximate surface area is 129 Å². The summed E-state index contributed by atoms with van der Waals surface area (Å²) in [5.74, 6) is -1.14. The topological polar surface area (TPSA) is 65.5 Å². The highest BCUT2D eigenvalue weighted by Gasteiger charge is 2.31. The van der Waals surface area contributed by atoms with Gasteiger partial charge in [0.15, 0.2) is 5.13 Å².